The van der Waals surface area contributed by atoms with E-state index >= 15 is 0 Å². The number of primary amides is 1. The van der Waals surface area contributed by atoms with Gasteiger partial charge in [-0.3, -0.25) is 24.2 Å². The summed E-state index contributed by atoms with van der Waals surface area (Å²) in [6, 6.07) is -3.87. The fourth-order valence-corrected chi connectivity index (χ4v) is 2.42. The summed E-state index contributed by atoms with van der Waals surface area (Å²) < 4.78 is 0. The fourth-order valence-electron chi connectivity index (χ4n) is 2.17. The van der Waals surface area contributed by atoms with Gasteiger partial charge in [-0.05, 0) is 12.8 Å². The monoisotopic (exact) mass is 448 g/mol. The Bertz CT molecular complexity index is 670. The molecule has 14 nitrogen and oxygen atoms in total. The second kappa shape index (κ2) is 14.0. The second-order valence-electron chi connectivity index (χ2n) is 6.09. The molecule has 3 unspecified atom stereocenters. The average Bonchev–Trinajstić information content (AvgIpc) is 2.66. The number of hydrogen-bond acceptors (Lipinski definition) is 8. The minimum atomic E-state index is -1.58. The van der Waals surface area contributed by atoms with Gasteiger partial charge < -0.3 is 44.0 Å². The van der Waals surface area contributed by atoms with E-state index in [4.69, 9.17) is 28.0 Å². The van der Waals surface area contributed by atoms with Crippen molar-refractivity contribution in [2.75, 3.05) is 18.8 Å². The molecule has 0 heterocycles. The molecule has 0 aromatic heterocycles. The van der Waals surface area contributed by atoms with Gasteiger partial charge in [0.2, 0.25) is 23.6 Å². The van der Waals surface area contributed by atoms with Crippen molar-refractivity contribution in [3.8, 4) is 0 Å². The number of aliphatic imine (C=N–C) groups is 1. The van der Waals surface area contributed by atoms with E-state index in [1.807, 2.05) is 0 Å². The average molecular weight is 449 g/mol. The van der Waals surface area contributed by atoms with Crippen molar-refractivity contribution < 1.29 is 29.1 Å². The zero-order chi connectivity index (χ0) is 23.3. The minimum absolute atomic E-state index is 0.0292. The highest BCUT2D eigenvalue weighted by Gasteiger charge is 2.29. The summed E-state index contributed by atoms with van der Waals surface area (Å²) in [6.45, 7) is -0.209. The van der Waals surface area contributed by atoms with E-state index in [2.05, 4.69) is 33.6 Å². The molecule has 3 atom stereocenters. The SMILES string of the molecule is NCC(=O)NC(CS)C(=O)NC(CCCN=C(N)N)C(=O)NC(CC(N)=O)C(=O)O. The summed E-state index contributed by atoms with van der Waals surface area (Å²) in [4.78, 5) is 62.4. The maximum atomic E-state index is 12.5. The van der Waals surface area contributed by atoms with Gasteiger partial charge in [0.25, 0.3) is 0 Å². The number of nitrogens with two attached hydrogens (primary N) is 4. The van der Waals surface area contributed by atoms with Crippen LogP contribution in [0.1, 0.15) is 19.3 Å². The molecule has 0 saturated carbocycles. The zero-order valence-electron chi connectivity index (χ0n) is 16.2. The van der Waals surface area contributed by atoms with Crippen LogP contribution in [0.3, 0.4) is 0 Å². The first kappa shape index (κ1) is 26.9. The van der Waals surface area contributed by atoms with Gasteiger partial charge in [0.05, 0.1) is 13.0 Å². The molecule has 0 saturated heterocycles. The van der Waals surface area contributed by atoms with Crippen molar-refractivity contribution in [1.82, 2.24) is 16.0 Å². The number of amides is 4. The Hall–Kier alpha value is -3.07. The molecule has 0 aliphatic carbocycles. The number of carboxylic acid groups (broad SMARTS) is 1. The van der Waals surface area contributed by atoms with Crippen molar-refractivity contribution in [2.24, 2.45) is 27.9 Å². The van der Waals surface area contributed by atoms with Gasteiger partial charge >= 0.3 is 5.97 Å². The lowest BCUT2D eigenvalue weighted by Crippen LogP contribution is -2.57. The Balaban J connectivity index is 5.31. The van der Waals surface area contributed by atoms with Crippen molar-refractivity contribution in [3.63, 3.8) is 0 Å². The molecule has 15 heteroatoms. The number of carboxylic acids is 1. The van der Waals surface area contributed by atoms with Crippen LogP contribution in [-0.2, 0) is 24.0 Å². The molecule has 4 amide bonds. The van der Waals surface area contributed by atoms with Crippen LogP contribution < -0.4 is 38.9 Å². The molecule has 0 radical (unpaired) electrons. The molecule has 0 fully saturated rings. The number of nitrogens with zero attached hydrogens (tertiary/aromatic N) is 1. The van der Waals surface area contributed by atoms with Gasteiger partial charge in [-0.25, -0.2) is 4.79 Å². The van der Waals surface area contributed by atoms with Crippen LogP contribution >= 0.6 is 12.6 Å². The molecule has 12 N–H and O–H groups in total. The lowest BCUT2D eigenvalue weighted by atomic mass is 10.1. The van der Waals surface area contributed by atoms with Gasteiger partial charge in [0, 0.05) is 12.3 Å². The molecular formula is C15H28N8O6S. The summed E-state index contributed by atoms with van der Waals surface area (Å²) in [7, 11) is 0. The minimum Gasteiger partial charge on any atom is -0.480 e. The molecule has 30 heavy (non-hydrogen) atoms. The van der Waals surface area contributed by atoms with E-state index < -0.39 is 54.1 Å². The van der Waals surface area contributed by atoms with Crippen LogP contribution in [0.4, 0.5) is 0 Å². The molecule has 0 aromatic rings. The quantitative estimate of drug-likeness (QED) is 0.0534. The fraction of sp³-hybridized carbons (Fsp3) is 0.600. The number of guanidine groups is 1. The van der Waals surface area contributed by atoms with Crippen molar-refractivity contribution >= 4 is 48.2 Å². The van der Waals surface area contributed by atoms with Crippen molar-refractivity contribution in [1.29, 1.82) is 0 Å². The lowest BCUT2D eigenvalue weighted by Gasteiger charge is -2.23. The molecule has 0 spiro atoms. The molecule has 0 aliphatic heterocycles. The van der Waals surface area contributed by atoms with Gasteiger partial charge in [-0.2, -0.15) is 12.6 Å². The smallest absolute Gasteiger partial charge is 0.326 e. The van der Waals surface area contributed by atoms with Crippen LogP contribution in [0.25, 0.3) is 0 Å². The standard InChI is InChI=1S/C15H28N8O6S/c16-5-11(25)21-9(6-30)13(27)22-7(2-1-3-20-15(18)19)12(26)23-8(14(28)29)4-10(17)24/h7-9,30H,1-6,16H2,(H2,17,24)(H,21,25)(H,22,27)(H,23,26)(H,28,29)(H4,18,19,20). The molecule has 0 aliphatic rings. The first-order valence-corrected chi connectivity index (χ1v) is 9.42. The predicted octanol–water partition coefficient (Wildman–Crippen LogP) is -4.66. The van der Waals surface area contributed by atoms with E-state index in [0.717, 1.165) is 0 Å². The number of nitrogens with one attached hydrogen (secondary N) is 3. The van der Waals surface area contributed by atoms with Crippen molar-refractivity contribution in [2.45, 2.75) is 37.4 Å². The van der Waals surface area contributed by atoms with E-state index in [-0.39, 0.29) is 37.6 Å². The Morgan fingerprint density at radius 1 is 0.933 bits per heavy atom. The third-order valence-electron chi connectivity index (χ3n) is 3.62. The van der Waals surface area contributed by atoms with E-state index in [1.165, 1.54) is 0 Å². The highest BCUT2D eigenvalue weighted by Crippen LogP contribution is 2.03. The molecule has 170 valence electrons. The number of rotatable bonds is 14. The first-order chi connectivity index (χ1) is 14.0. The third-order valence-corrected chi connectivity index (χ3v) is 3.98. The zero-order valence-corrected chi connectivity index (χ0v) is 17.1. The lowest BCUT2D eigenvalue weighted by molar-refractivity contribution is -0.143. The third kappa shape index (κ3) is 11.1. The number of carbonyl (C=O) groups excluding carboxylic acids is 4. The Morgan fingerprint density at radius 3 is 1.97 bits per heavy atom. The summed E-state index contributed by atoms with van der Waals surface area (Å²) >= 11 is 3.98. The van der Waals surface area contributed by atoms with Gasteiger partial charge in [-0.15, -0.1) is 0 Å². The van der Waals surface area contributed by atoms with E-state index in [0.29, 0.717) is 0 Å². The first-order valence-electron chi connectivity index (χ1n) is 8.79. The molecule has 0 rings (SSSR count). The normalized spacial score (nSPS) is 13.3. The summed E-state index contributed by atoms with van der Waals surface area (Å²) in [6.07, 6.45) is -0.354. The highest BCUT2D eigenvalue weighted by molar-refractivity contribution is 7.80. The summed E-state index contributed by atoms with van der Waals surface area (Å²) in [5, 5.41) is 16.0. The number of thiol groups is 1. The topological polar surface area (TPSA) is 258 Å². The molecule has 0 bridgehead atoms. The maximum Gasteiger partial charge on any atom is 0.326 e. The number of carbonyl (C=O) groups is 5. The van der Waals surface area contributed by atoms with Crippen LogP contribution in [0.15, 0.2) is 4.99 Å². The Morgan fingerprint density at radius 2 is 1.50 bits per heavy atom. The number of aliphatic carboxylic acids is 1. The number of hydrogen-bond donors (Lipinski definition) is 9. The Kier molecular flexibility index (Phi) is 12.6. The summed E-state index contributed by atoms with van der Waals surface area (Å²) in [5.41, 5.74) is 20.6. The summed E-state index contributed by atoms with van der Waals surface area (Å²) in [5.74, 6) is -4.87. The van der Waals surface area contributed by atoms with Crippen LogP contribution in [-0.4, -0.2) is 77.6 Å². The van der Waals surface area contributed by atoms with Crippen LogP contribution in [0.5, 0.6) is 0 Å². The van der Waals surface area contributed by atoms with Crippen molar-refractivity contribution in [3.05, 3.63) is 0 Å². The van der Waals surface area contributed by atoms with Crippen LogP contribution in [0.2, 0.25) is 0 Å². The maximum absolute atomic E-state index is 12.5. The second-order valence-corrected chi connectivity index (χ2v) is 6.45. The van der Waals surface area contributed by atoms with Crippen LogP contribution in [0, 0.1) is 0 Å². The van der Waals surface area contributed by atoms with E-state index in [9.17, 15) is 24.0 Å². The highest BCUT2D eigenvalue weighted by atomic mass is 32.1. The van der Waals surface area contributed by atoms with Gasteiger partial charge in [0.1, 0.15) is 18.1 Å². The van der Waals surface area contributed by atoms with Gasteiger partial charge in [-0.1, -0.05) is 0 Å². The van der Waals surface area contributed by atoms with E-state index in [1.54, 1.807) is 0 Å². The molecule has 0 aromatic carbocycles. The predicted molar refractivity (Wildman–Crippen MR) is 110 cm³/mol. The van der Waals surface area contributed by atoms with Gasteiger partial charge in [0.15, 0.2) is 5.96 Å². The molecular weight excluding hydrogens is 420 g/mol. The Labute approximate surface area is 178 Å². The largest absolute Gasteiger partial charge is 0.480 e.